The lowest BCUT2D eigenvalue weighted by atomic mass is 10.2. The summed E-state index contributed by atoms with van der Waals surface area (Å²) < 4.78 is 4.57. The zero-order chi connectivity index (χ0) is 18.1. The van der Waals surface area contributed by atoms with E-state index in [9.17, 15) is 9.59 Å². The predicted octanol–water partition coefficient (Wildman–Crippen LogP) is 1.53. The van der Waals surface area contributed by atoms with E-state index in [1.807, 2.05) is 12.1 Å². The normalized spacial score (nSPS) is 15.8. The Labute approximate surface area is 154 Å². The molecule has 1 saturated heterocycles. The zero-order valence-electron chi connectivity index (χ0n) is 14.7. The molecule has 6 nitrogen and oxygen atoms in total. The fourth-order valence-electron chi connectivity index (χ4n) is 2.78. The third-order valence-corrected chi connectivity index (χ3v) is 4.51. The average molecular weight is 368 g/mol. The summed E-state index contributed by atoms with van der Waals surface area (Å²) in [5, 5.41) is 3.61. The fraction of sp³-hybridized carbons (Fsp3) is 0.556. The number of halogens is 1. The lowest BCUT2D eigenvalue weighted by Gasteiger charge is -2.34. The molecular formula is C18H26ClN3O3. The molecule has 1 N–H and O–H groups in total. The molecule has 25 heavy (non-hydrogen) atoms. The smallest absolute Gasteiger partial charge is 0.305 e. The number of hydrogen-bond donors (Lipinski definition) is 1. The summed E-state index contributed by atoms with van der Waals surface area (Å²) >= 11 is 5.91. The van der Waals surface area contributed by atoms with Gasteiger partial charge in [0.1, 0.15) is 0 Å². The molecule has 0 aromatic heterocycles. The number of rotatable bonds is 8. The van der Waals surface area contributed by atoms with Crippen LogP contribution in [0, 0.1) is 0 Å². The molecule has 138 valence electrons. The highest BCUT2D eigenvalue weighted by molar-refractivity contribution is 6.30. The number of benzene rings is 1. The monoisotopic (exact) mass is 367 g/mol. The van der Waals surface area contributed by atoms with Gasteiger partial charge in [-0.2, -0.15) is 0 Å². The highest BCUT2D eigenvalue weighted by Crippen LogP contribution is 2.12. The van der Waals surface area contributed by atoms with E-state index in [4.69, 9.17) is 11.6 Å². The van der Waals surface area contributed by atoms with Crippen molar-refractivity contribution in [3.8, 4) is 0 Å². The van der Waals surface area contributed by atoms with Crippen molar-refractivity contribution in [1.82, 2.24) is 15.1 Å². The molecule has 0 aliphatic carbocycles. The summed E-state index contributed by atoms with van der Waals surface area (Å²) in [6.45, 7) is 5.46. The Hall–Kier alpha value is -1.63. The van der Waals surface area contributed by atoms with Crippen molar-refractivity contribution in [2.24, 2.45) is 0 Å². The van der Waals surface area contributed by atoms with Crippen LogP contribution >= 0.6 is 11.6 Å². The minimum absolute atomic E-state index is 0.0102. The Kier molecular flexibility index (Phi) is 8.18. The number of nitrogens with zero attached hydrogens (tertiary/aromatic N) is 2. The number of methoxy groups -OCH3 is 1. The van der Waals surface area contributed by atoms with Crippen LogP contribution in [0.4, 0.5) is 0 Å². The van der Waals surface area contributed by atoms with Crippen LogP contribution in [0.1, 0.15) is 18.4 Å². The van der Waals surface area contributed by atoms with Crippen LogP contribution in [0.25, 0.3) is 0 Å². The SMILES string of the molecule is COC(=O)CCCNC(=O)CN1CCN(Cc2ccc(Cl)cc2)CC1. The first-order chi connectivity index (χ1) is 12.1. The van der Waals surface area contributed by atoms with E-state index in [1.54, 1.807) is 0 Å². The van der Waals surface area contributed by atoms with E-state index >= 15 is 0 Å². The second-order valence-electron chi connectivity index (χ2n) is 6.21. The maximum Gasteiger partial charge on any atom is 0.305 e. The van der Waals surface area contributed by atoms with E-state index in [0.717, 1.165) is 37.7 Å². The van der Waals surface area contributed by atoms with Crippen molar-refractivity contribution in [2.45, 2.75) is 19.4 Å². The molecule has 2 rings (SSSR count). The summed E-state index contributed by atoms with van der Waals surface area (Å²) in [6.07, 6.45) is 0.938. The Balaban J connectivity index is 1.60. The van der Waals surface area contributed by atoms with Crippen LogP contribution < -0.4 is 5.32 Å². The largest absolute Gasteiger partial charge is 0.469 e. The highest BCUT2D eigenvalue weighted by Gasteiger charge is 2.18. The molecule has 0 radical (unpaired) electrons. The third-order valence-electron chi connectivity index (χ3n) is 4.26. The van der Waals surface area contributed by atoms with Gasteiger partial charge in [0.2, 0.25) is 5.91 Å². The number of carbonyl (C=O) groups excluding carboxylic acids is 2. The van der Waals surface area contributed by atoms with Gasteiger partial charge in [-0.1, -0.05) is 23.7 Å². The zero-order valence-corrected chi connectivity index (χ0v) is 15.4. The van der Waals surface area contributed by atoms with Gasteiger partial charge in [0.25, 0.3) is 0 Å². The molecule has 1 aliphatic heterocycles. The predicted molar refractivity (Wildman–Crippen MR) is 97.4 cm³/mol. The number of nitrogens with one attached hydrogen (secondary N) is 1. The van der Waals surface area contributed by atoms with Gasteiger partial charge in [0.05, 0.1) is 13.7 Å². The first kappa shape index (κ1) is 19.7. The van der Waals surface area contributed by atoms with E-state index in [1.165, 1.54) is 12.7 Å². The Morgan fingerprint density at radius 2 is 1.76 bits per heavy atom. The first-order valence-corrected chi connectivity index (χ1v) is 8.97. The van der Waals surface area contributed by atoms with Crippen LogP contribution in [0.2, 0.25) is 5.02 Å². The van der Waals surface area contributed by atoms with Gasteiger partial charge in [-0.3, -0.25) is 19.4 Å². The standard InChI is InChI=1S/C18H26ClN3O3/c1-25-18(24)3-2-8-20-17(23)14-22-11-9-21(10-12-22)13-15-4-6-16(19)7-5-15/h4-7H,2-3,8-14H2,1H3,(H,20,23). The van der Waals surface area contributed by atoms with Gasteiger partial charge >= 0.3 is 5.97 Å². The Bertz CT molecular complexity index is 557. The van der Waals surface area contributed by atoms with E-state index in [-0.39, 0.29) is 11.9 Å². The molecule has 7 heteroatoms. The van der Waals surface area contributed by atoms with Crippen molar-refractivity contribution < 1.29 is 14.3 Å². The first-order valence-electron chi connectivity index (χ1n) is 8.59. The molecule has 0 atom stereocenters. The van der Waals surface area contributed by atoms with Crippen molar-refractivity contribution >= 4 is 23.5 Å². The summed E-state index contributed by atoms with van der Waals surface area (Å²) in [7, 11) is 1.37. The minimum atomic E-state index is -0.244. The van der Waals surface area contributed by atoms with Crippen LogP contribution in [0.3, 0.4) is 0 Å². The number of hydrogen-bond acceptors (Lipinski definition) is 5. The van der Waals surface area contributed by atoms with Crippen LogP contribution in [0.5, 0.6) is 0 Å². The quantitative estimate of drug-likeness (QED) is 0.557. The number of esters is 1. The lowest BCUT2D eigenvalue weighted by molar-refractivity contribution is -0.140. The van der Waals surface area contributed by atoms with E-state index < -0.39 is 0 Å². The Morgan fingerprint density at radius 1 is 1.12 bits per heavy atom. The molecule has 0 unspecified atom stereocenters. The molecule has 1 aromatic carbocycles. The van der Waals surface area contributed by atoms with Crippen molar-refractivity contribution in [3.63, 3.8) is 0 Å². The topological polar surface area (TPSA) is 61.9 Å². The van der Waals surface area contributed by atoms with Gasteiger partial charge in [0.15, 0.2) is 0 Å². The third kappa shape index (κ3) is 7.42. The molecular weight excluding hydrogens is 342 g/mol. The maximum atomic E-state index is 11.9. The molecule has 0 saturated carbocycles. The van der Waals surface area contributed by atoms with Crippen molar-refractivity contribution in [3.05, 3.63) is 34.9 Å². The van der Waals surface area contributed by atoms with Gasteiger partial charge in [0, 0.05) is 50.7 Å². The molecule has 0 bridgehead atoms. The maximum absolute atomic E-state index is 11.9. The van der Waals surface area contributed by atoms with Crippen LogP contribution in [0.15, 0.2) is 24.3 Å². The number of ether oxygens (including phenoxy) is 1. The van der Waals surface area contributed by atoms with Crippen molar-refractivity contribution in [1.29, 1.82) is 0 Å². The summed E-state index contributed by atoms with van der Waals surface area (Å²) in [6, 6.07) is 7.93. The Morgan fingerprint density at radius 3 is 2.40 bits per heavy atom. The van der Waals surface area contributed by atoms with Gasteiger partial charge in [-0.05, 0) is 24.1 Å². The second-order valence-corrected chi connectivity index (χ2v) is 6.64. The van der Waals surface area contributed by atoms with Crippen LogP contribution in [-0.2, 0) is 20.9 Å². The molecule has 1 fully saturated rings. The number of amides is 1. The van der Waals surface area contributed by atoms with Gasteiger partial charge in [-0.15, -0.1) is 0 Å². The van der Waals surface area contributed by atoms with Crippen LogP contribution in [-0.4, -0.2) is 68.1 Å². The van der Waals surface area contributed by atoms with E-state index in [0.29, 0.717) is 25.9 Å². The second kappa shape index (κ2) is 10.4. The summed E-state index contributed by atoms with van der Waals surface area (Å²) in [5.74, 6) is -0.234. The fourth-order valence-corrected chi connectivity index (χ4v) is 2.90. The summed E-state index contributed by atoms with van der Waals surface area (Å²) in [4.78, 5) is 27.5. The molecule has 0 spiro atoms. The summed E-state index contributed by atoms with van der Waals surface area (Å²) in [5.41, 5.74) is 1.25. The average Bonchev–Trinajstić information content (AvgIpc) is 2.62. The molecule has 1 heterocycles. The number of piperazine rings is 1. The highest BCUT2D eigenvalue weighted by atomic mass is 35.5. The number of carbonyl (C=O) groups is 2. The van der Waals surface area contributed by atoms with Gasteiger partial charge in [-0.25, -0.2) is 0 Å². The van der Waals surface area contributed by atoms with Crippen molar-refractivity contribution in [2.75, 3.05) is 46.4 Å². The van der Waals surface area contributed by atoms with Gasteiger partial charge < -0.3 is 10.1 Å². The minimum Gasteiger partial charge on any atom is -0.469 e. The molecule has 1 aromatic rings. The van der Waals surface area contributed by atoms with E-state index in [2.05, 4.69) is 32.0 Å². The molecule has 1 amide bonds. The lowest BCUT2D eigenvalue weighted by Crippen LogP contribution is -2.49. The molecule has 1 aliphatic rings.